The van der Waals surface area contributed by atoms with E-state index >= 15 is 0 Å². The van der Waals surface area contributed by atoms with Crippen LogP contribution in [-0.4, -0.2) is 31.9 Å². The van der Waals surface area contributed by atoms with Gasteiger partial charge < -0.3 is 18.9 Å². The van der Waals surface area contributed by atoms with Gasteiger partial charge in [-0.05, 0) is 91.4 Å². The van der Waals surface area contributed by atoms with Crippen molar-refractivity contribution in [3.8, 4) is 5.75 Å². The number of methoxy groups -OCH3 is 1. The molecule has 39 heavy (non-hydrogen) atoms. The molecule has 0 bridgehead atoms. The summed E-state index contributed by atoms with van der Waals surface area (Å²) in [5.41, 5.74) is 3.53. The number of rotatable bonds is 13. The largest absolute Gasteiger partial charge is 0.508 e. The highest BCUT2D eigenvalue weighted by molar-refractivity contribution is 5.71. The van der Waals surface area contributed by atoms with Crippen molar-refractivity contribution in [2.24, 2.45) is 23.7 Å². The van der Waals surface area contributed by atoms with E-state index in [-0.39, 0.29) is 25.3 Å². The average molecular weight is 537 g/mol. The molecule has 0 aliphatic heterocycles. The maximum absolute atomic E-state index is 12.3. The Labute approximate surface area is 233 Å². The molecule has 0 heterocycles. The molecule has 0 N–H and O–H groups in total. The standard InChI is InChI=1S/C33H44O6/c1-4-5-7-14-27(39-33(35)36-3)16-17-28-23(2)18-26-20-30-25(19-29(26)28)13-10-15-31(30)37-22-32(34)38-21-24-11-8-6-9-12-24/h6,8-13,15,23,26-29H,4-5,7,14,16-22H2,1-3H3/t23-,26-,27+,28+,29+/m1/s1. The second-order valence-electron chi connectivity index (χ2n) is 11.3. The average Bonchev–Trinajstić information content (AvgIpc) is 3.26. The number of hydrogen-bond acceptors (Lipinski definition) is 6. The van der Waals surface area contributed by atoms with Gasteiger partial charge in [-0.1, -0.05) is 69.2 Å². The summed E-state index contributed by atoms with van der Waals surface area (Å²) < 4.78 is 21.8. The lowest BCUT2D eigenvalue weighted by Gasteiger charge is -2.33. The topological polar surface area (TPSA) is 71.1 Å². The molecule has 0 saturated heterocycles. The molecule has 2 aliphatic rings. The van der Waals surface area contributed by atoms with Gasteiger partial charge in [0.05, 0.1) is 7.11 Å². The lowest BCUT2D eigenvalue weighted by molar-refractivity contribution is -0.147. The minimum absolute atomic E-state index is 0.0761. The second-order valence-corrected chi connectivity index (χ2v) is 11.3. The molecule has 2 aromatic rings. The number of esters is 1. The number of carbonyl (C=O) groups excluding carboxylic acids is 2. The van der Waals surface area contributed by atoms with Crippen molar-refractivity contribution in [1.29, 1.82) is 0 Å². The van der Waals surface area contributed by atoms with E-state index < -0.39 is 6.16 Å². The summed E-state index contributed by atoms with van der Waals surface area (Å²) in [6, 6.07) is 15.9. The van der Waals surface area contributed by atoms with E-state index in [1.165, 1.54) is 24.7 Å². The monoisotopic (exact) mass is 536 g/mol. The molecular formula is C33H44O6. The summed E-state index contributed by atoms with van der Waals surface area (Å²) in [5, 5.41) is 0. The zero-order valence-corrected chi connectivity index (χ0v) is 23.7. The number of fused-ring (bicyclic) bond motifs is 2. The number of ether oxygens (including phenoxy) is 4. The van der Waals surface area contributed by atoms with Crippen LogP contribution in [0.2, 0.25) is 0 Å². The highest BCUT2D eigenvalue weighted by Gasteiger charge is 2.43. The van der Waals surface area contributed by atoms with Crippen molar-refractivity contribution < 1.29 is 28.5 Å². The van der Waals surface area contributed by atoms with Gasteiger partial charge in [0, 0.05) is 0 Å². The van der Waals surface area contributed by atoms with Crippen LogP contribution in [-0.2, 0) is 38.5 Å². The summed E-state index contributed by atoms with van der Waals surface area (Å²) in [6.45, 7) is 4.73. The van der Waals surface area contributed by atoms with Crippen LogP contribution < -0.4 is 4.74 Å². The van der Waals surface area contributed by atoms with Crippen molar-refractivity contribution in [3.63, 3.8) is 0 Å². The summed E-state index contributed by atoms with van der Waals surface area (Å²) in [6.07, 6.45) is 8.78. The Kier molecular flexibility index (Phi) is 10.7. The van der Waals surface area contributed by atoms with E-state index in [0.29, 0.717) is 23.7 Å². The van der Waals surface area contributed by atoms with Gasteiger partial charge in [0.15, 0.2) is 6.61 Å². The Bertz CT molecular complexity index is 1070. The second kappa shape index (κ2) is 14.4. The lowest BCUT2D eigenvalue weighted by Crippen LogP contribution is -2.28. The van der Waals surface area contributed by atoms with Gasteiger partial charge >= 0.3 is 12.1 Å². The van der Waals surface area contributed by atoms with Gasteiger partial charge in [-0.2, -0.15) is 0 Å². The van der Waals surface area contributed by atoms with Crippen molar-refractivity contribution in [1.82, 2.24) is 0 Å². The first kappa shape index (κ1) is 29.0. The highest BCUT2D eigenvalue weighted by Crippen LogP contribution is 2.51. The van der Waals surface area contributed by atoms with Crippen molar-refractivity contribution >= 4 is 12.1 Å². The van der Waals surface area contributed by atoms with Crippen LogP contribution in [0.3, 0.4) is 0 Å². The first-order valence-corrected chi connectivity index (χ1v) is 14.7. The van der Waals surface area contributed by atoms with Crippen LogP contribution in [0.4, 0.5) is 4.79 Å². The van der Waals surface area contributed by atoms with Gasteiger partial charge in [0.2, 0.25) is 0 Å². The first-order valence-electron chi connectivity index (χ1n) is 14.7. The Balaban J connectivity index is 1.34. The normalized spacial score (nSPS) is 22.3. The van der Waals surface area contributed by atoms with E-state index in [1.807, 2.05) is 42.5 Å². The zero-order chi connectivity index (χ0) is 27.6. The molecule has 1 fully saturated rings. The van der Waals surface area contributed by atoms with Gasteiger partial charge in [0.25, 0.3) is 0 Å². The van der Waals surface area contributed by atoms with Crippen LogP contribution in [0.1, 0.15) is 75.5 Å². The molecule has 2 aromatic carbocycles. The van der Waals surface area contributed by atoms with Crippen LogP contribution in [0.25, 0.3) is 0 Å². The van der Waals surface area contributed by atoms with E-state index in [1.54, 1.807) is 0 Å². The van der Waals surface area contributed by atoms with Crippen molar-refractivity contribution in [3.05, 3.63) is 65.2 Å². The number of unbranched alkanes of at least 4 members (excludes halogenated alkanes) is 2. The van der Waals surface area contributed by atoms with Gasteiger partial charge in [-0.25, -0.2) is 9.59 Å². The third kappa shape index (κ3) is 8.00. The molecule has 5 atom stereocenters. The van der Waals surface area contributed by atoms with Crippen LogP contribution >= 0.6 is 0 Å². The Morgan fingerprint density at radius 2 is 1.82 bits per heavy atom. The molecule has 212 valence electrons. The van der Waals surface area contributed by atoms with Gasteiger partial charge in [-0.15, -0.1) is 0 Å². The lowest BCUT2D eigenvalue weighted by atomic mass is 9.73. The maximum atomic E-state index is 12.3. The van der Waals surface area contributed by atoms with E-state index in [4.69, 9.17) is 18.9 Å². The predicted molar refractivity (Wildman–Crippen MR) is 150 cm³/mol. The minimum atomic E-state index is -0.572. The van der Waals surface area contributed by atoms with Crippen molar-refractivity contribution in [2.75, 3.05) is 13.7 Å². The Morgan fingerprint density at radius 1 is 1.00 bits per heavy atom. The van der Waals surface area contributed by atoms with Gasteiger partial charge in [-0.3, -0.25) is 0 Å². The SMILES string of the molecule is CCCCC[C@@H](CC[C@@H]1[C@H]2Cc3cccc(OCC(=O)OCc4ccccc4)c3C[C@H]2C[C@H]1C)OC(=O)OC. The van der Waals surface area contributed by atoms with E-state index in [2.05, 4.69) is 19.9 Å². The third-order valence-corrected chi connectivity index (χ3v) is 8.68. The molecule has 0 unspecified atom stereocenters. The highest BCUT2D eigenvalue weighted by atomic mass is 16.7. The van der Waals surface area contributed by atoms with Crippen LogP contribution in [0.15, 0.2) is 48.5 Å². The predicted octanol–water partition coefficient (Wildman–Crippen LogP) is 7.31. The molecular weight excluding hydrogens is 492 g/mol. The van der Waals surface area contributed by atoms with E-state index in [9.17, 15) is 9.59 Å². The quantitative estimate of drug-likeness (QED) is 0.197. The molecule has 6 nitrogen and oxygen atoms in total. The third-order valence-electron chi connectivity index (χ3n) is 8.68. The molecule has 0 amide bonds. The molecule has 0 radical (unpaired) electrons. The number of benzene rings is 2. The fourth-order valence-electron chi connectivity index (χ4n) is 6.70. The van der Waals surface area contributed by atoms with Gasteiger partial charge in [0.1, 0.15) is 18.5 Å². The summed E-state index contributed by atoms with van der Waals surface area (Å²) in [4.78, 5) is 24.2. The van der Waals surface area contributed by atoms with Crippen LogP contribution in [0.5, 0.6) is 5.75 Å². The molecule has 4 rings (SSSR count). The Hall–Kier alpha value is -3.02. The molecule has 2 aliphatic carbocycles. The number of carbonyl (C=O) groups is 2. The van der Waals surface area contributed by atoms with Crippen LogP contribution in [0, 0.1) is 23.7 Å². The maximum Gasteiger partial charge on any atom is 0.508 e. The Morgan fingerprint density at radius 3 is 2.59 bits per heavy atom. The zero-order valence-electron chi connectivity index (χ0n) is 23.7. The molecule has 1 saturated carbocycles. The molecule has 0 aromatic heterocycles. The minimum Gasteiger partial charge on any atom is -0.482 e. The van der Waals surface area contributed by atoms with E-state index in [0.717, 1.165) is 62.7 Å². The summed E-state index contributed by atoms with van der Waals surface area (Å²) >= 11 is 0. The fraction of sp³-hybridized carbons (Fsp3) is 0.576. The molecule has 6 heteroatoms. The molecule has 0 spiro atoms. The smallest absolute Gasteiger partial charge is 0.482 e. The summed E-state index contributed by atoms with van der Waals surface area (Å²) in [7, 11) is 1.38. The fourth-order valence-corrected chi connectivity index (χ4v) is 6.70. The number of hydrogen-bond donors (Lipinski definition) is 0. The van der Waals surface area contributed by atoms with Crippen molar-refractivity contribution in [2.45, 2.75) is 84.3 Å². The summed E-state index contributed by atoms with van der Waals surface area (Å²) in [5.74, 6) is 2.90. The first-order chi connectivity index (χ1) is 19.0.